The van der Waals surface area contributed by atoms with Gasteiger partial charge >= 0.3 is 0 Å². The third-order valence-corrected chi connectivity index (χ3v) is 6.26. The van der Waals surface area contributed by atoms with Crippen LogP contribution in [0.4, 0.5) is 0 Å². The monoisotopic (exact) mass is 364 g/mol. The van der Waals surface area contributed by atoms with E-state index >= 15 is 0 Å². The highest BCUT2D eigenvalue weighted by Gasteiger charge is 2.16. The highest BCUT2D eigenvalue weighted by Crippen LogP contribution is 2.36. The minimum absolute atomic E-state index is 0.209. The molecule has 3 heteroatoms. The Hall–Kier alpha value is -0.860. The van der Waals surface area contributed by atoms with Crippen LogP contribution < -0.4 is 0 Å². The highest BCUT2D eigenvalue weighted by atomic mass is 35.5. The highest BCUT2D eigenvalue weighted by molar-refractivity contribution is 7.21. The van der Waals surface area contributed by atoms with Gasteiger partial charge in [-0.25, -0.2) is 0 Å². The van der Waals surface area contributed by atoms with Crippen molar-refractivity contribution in [3.63, 3.8) is 0 Å². The number of Topliss-reactive ketones (excluding diaryl/α,β-unsaturated/α-hetero) is 1. The van der Waals surface area contributed by atoms with E-state index in [9.17, 15) is 4.79 Å². The van der Waals surface area contributed by atoms with E-state index in [0.717, 1.165) is 27.8 Å². The molecule has 24 heavy (non-hydrogen) atoms. The van der Waals surface area contributed by atoms with Crippen LogP contribution in [0.2, 0.25) is 5.02 Å². The number of benzene rings is 1. The molecule has 0 N–H and O–H groups in total. The van der Waals surface area contributed by atoms with Gasteiger partial charge in [0.1, 0.15) is 0 Å². The van der Waals surface area contributed by atoms with Crippen LogP contribution >= 0.6 is 22.9 Å². The molecule has 0 radical (unpaired) electrons. The van der Waals surface area contributed by atoms with Crippen molar-refractivity contribution < 1.29 is 4.79 Å². The Morgan fingerprint density at radius 3 is 2.12 bits per heavy atom. The lowest BCUT2D eigenvalue weighted by Crippen LogP contribution is -1.96. The Bertz CT molecular complexity index is 632. The largest absolute Gasteiger partial charge is 0.293 e. The SMILES string of the molecule is CCCCCCCCCCCCC(=O)c1sc2ccccc2c1Cl. The zero-order valence-corrected chi connectivity index (χ0v) is 16.4. The summed E-state index contributed by atoms with van der Waals surface area (Å²) in [7, 11) is 0. The molecule has 1 aromatic carbocycles. The molecule has 0 aliphatic carbocycles. The van der Waals surface area contributed by atoms with Gasteiger partial charge in [0, 0.05) is 16.5 Å². The third-order valence-electron chi connectivity index (χ3n) is 4.55. The minimum Gasteiger partial charge on any atom is -0.293 e. The van der Waals surface area contributed by atoms with E-state index in [1.165, 1.54) is 62.7 Å². The summed E-state index contributed by atoms with van der Waals surface area (Å²) >= 11 is 7.91. The maximum atomic E-state index is 12.4. The van der Waals surface area contributed by atoms with Crippen molar-refractivity contribution in [1.29, 1.82) is 0 Å². The van der Waals surface area contributed by atoms with Crippen molar-refractivity contribution in [2.24, 2.45) is 0 Å². The molecular weight excluding hydrogens is 336 g/mol. The summed E-state index contributed by atoms with van der Waals surface area (Å²) in [5.41, 5.74) is 0. The van der Waals surface area contributed by atoms with E-state index in [1.54, 1.807) is 0 Å². The molecular formula is C21H29ClOS. The van der Waals surface area contributed by atoms with Crippen LogP contribution in [0.25, 0.3) is 10.1 Å². The maximum absolute atomic E-state index is 12.4. The van der Waals surface area contributed by atoms with Gasteiger partial charge in [-0.15, -0.1) is 11.3 Å². The van der Waals surface area contributed by atoms with E-state index in [0.29, 0.717) is 11.4 Å². The lowest BCUT2D eigenvalue weighted by atomic mass is 10.0. The first-order chi connectivity index (χ1) is 11.7. The molecule has 1 aromatic heterocycles. The predicted octanol–water partition coefficient (Wildman–Crippen LogP) is 8.05. The first-order valence-electron chi connectivity index (χ1n) is 9.44. The quantitative estimate of drug-likeness (QED) is 0.275. The molecule has 0 saturated heterocycles. The van der Waals surface area contributed by atoms with Crippen LogP contribution in [0.15, 0.2) is 24.3 Å². The van der Waals surface area contributed by atoms with Gasteiger partial charge in [0.15, 0.2) is 5.78 Å². The second-order valence-electron chi connectivity index (χ2n) is 6.60. The van der Waals surface area contributed by atoms with E-state index < -0.39 is 0 Å². The normalized spacial score (nSPS) is 11.2. The Kier molecular flexibility index (Phi) is 8.83. The van der Waals surface area contributed by atoms with Crippen LogP contribution in [0, 0.1) is 0 Å². The molecule has 1 heterocycles. The Morgan fingerprint density at radius 2 is 1.50 bits per heavy atom. The summed E-state index contributed by atoms with van der Waals surface area (Å²) in [5, 5.41) is 1.66. The third kappa shape index (κ3) is 5.89. The Balaban J connectivity index is 1.62. The van der Waals surface area contributed by atoms with E-state index in [2.05, 4.69) is 6.92 Å². The molecule has 0 saturated carbocycles. The van der Waals surface area contributed by atoms with Crippen molar-refractivity contribution in [2.75, 3.05) is 0 Å². The van der Waals surface area contributed by atoms with Crippen LogP contribution in [0.1, 0.15) is 87.2 Å². The summed E-state index contributed by atoms with van der Waals surface area (Å²) in [6.07, 6.45) is 13.5. The minimum atomic E-state index is 0.209. The molecule has 0 fully saturated rings. The average Bonchev–Trinajstić information content (AvgIpc) is 2.94. The average molecular weight is 365 g/mol. The number of ketones is 1. The van der Waals surface area contributed by atoms with Crippen molar-refractivity contribution in [1.82, 2.24) is 0 Å². The molecule has 2 aromatic rings. The van der Waals surface area contributed by atoms with Gasteiger partial charge in [0.05, 0.1) is 9.90 Å². The number of fused-ring (bicyclic) bond motifs is 1. The molecule has 0 amide bonds. The van der Waals surface area contributed by atoms with Gasteiger partial charge in [0.25, 0.3) is 0 Å². The zero-order chi connectivity index (χ0) is 17.2. The first kappa shape index (κ1) is 19.5. The number of hydrogen-bond donors (Lipinski definition) is 0. The molecule has 0 aliphatic rings. The fraction of sp³-hybridized carbons (Fsp3) is 0.571. The van der Waals surface area contributed by atoms with E-state index in [1.807, 2.05) is 24.3 Å². The second kappa shape index (κ2) is 10.9. The zero-order valence-electron chi connectivity index (χ0n) is 14.8. The van der Waals surface area contributed by atoms with E-state index in [-0.39, 0.29) is 5.78 Å². The fourth-order valence-electron chi connectivity index (χ4n) is 3.08. The second-order valence-corrected chi connectivity index (χ2v) is 8.03. The summed E-state index contributed by atoms with van der Waals surface area (Å²) in [6.45, 7) is 2.26. The number of unbranched alkanes of at least 4 members (excludes halogenated alkanes) is 9. The number of hydrogen-bond acceptors (Lipinski definition) is 2. The summed E-state index contributed by atoms with van der Waals surface area (Å²) in [5.74, 6) is 0.209. The van der Waals surface area contributed by atoms with Crippen molar-refractivity contribution >= 4 is 38.8 Å². The lowest BCUT2D eigenvalue weighted by molar-refractivity contribution is 0.0983. The number of thiophene rings is 1. The summed E-state index contributed by atoms with van der Waals surface area (Å²) < 4.78 is 1.11. The van der Waals surface area contributed by atoms with Gasteiger partial charge in [0.2, 0.25) is 0 Å². The molecule has 0 spiro atoms. The summed E-state index contributed by atoms with van der Waals surface area (Å²) in [6, 6.07) is 7.98. The first-order valence-corrected chi connectivity index (χ1v) is 10.6. The Labute approximate surface area is 155 Å². The fourth-order valence-corrected chi connectivity index (χ4v) is 4.58. The molecule has 2 rings (SSSR count). The van der Waals surface area contributed by atoms with Gasteiger partial charge in [-0.3, -0.25) is 4.79 Å². The van der Waals surface area contributed by atoms with E-state index in [4.69, 9.17) is 11.6 Å². The van der Waals surface area contributed by atoms with Crippen molar-refractivity contribution in [2.45, 2.75) is 77.6 Å². The predicted molar refractivity (Wildman–Crippen MR) is 108 cm³/mol. The van der Waals surface area contributed by atoms with Crippen LogP contribution in [-0.4, -0.2) is 5.78 Å². The van der Waals surface area contributed by atoms with Gasteiger partial charge in [-0.2, -0.15) is 0 Å². The van der Waals surface area contributed by atoms with Crippen LogP contribution in [0.3, 0.4) is 0 Å². The standard InChI is InChI=1S/C21H29ClOS/c1-2-3-4-5-6-7-8-9-10-11-15-18(23)21-20(22)17-14-12-13-16-19(17)24-21/h12-14,16H,2-11,15H2,1H3. The van der Waals surface area contributed by atoms with Crippen LogP contribution in [-0.2, 0) is 0 Å². The molecule has 0 unspecified atom stereocenters. The number of carbonyl (C=O) groups excluding carboxylic acids is 1. The maximum Gasteiger partial charge on any atom is 0.174 e. The van der Waals surface area contributed by atoms with Crippen molar-refractivity contribution in [3.05, 3.63) is 34.2 Å². The molecule has 0 atom stereocenters. The molecule has 132 valence electrons. The van der Waals surface area contributed by atoms with Gasteiger partial charge < -0.3 is 0 Å². The topological polar surface area (TPSA) is 17.1 Å². The summed E-state index contributed by atoms with van der Waals surface area (Å²) in [4.78, 5) is 13.1. The lowest BCUT2D eigenvalue weighted by Gasteiger charge is -2.02. The molecule has 0 aliphatic heterocycles. The smallest absolute Gasteiger partial charge is 0.174 e. The number of halogens is 1. The van der Waals surface area contributed by atoms with Gasteiger partial charge in [-0.05, 0) is 12.5 Å². The van der Waals surface area contributed by atoms with Gasteiger partial charge in [-0.1, -0.05) is 94.5 Å². The molecule has 0 bridgehead atoms. The molecule has 1 nitrogen and oxygen atoms in total. The van der Waals surface area contributed by atoms with Crippen molar-refractivity contribution in [3.8, 4) is 0 Å². The number of carbonyl (C=O) groups is 1. The number of rotatable bonds is 12. The Morgan fingerprint density at radius 1 is 0.917 bits per heavy atom. The van der Waals surface area contributed by atoms with Crippen LogP contribution in [0.5, 0.6) is 0 Å².